The van der Waals surface area contributed by atoms with Crippen LogP contribution < -0.4 is 0 Å². The van der Waals surface area contributed by atoms with Gasteiger partial charge in [0.1, 0.15) is 22.9 Å². The summed E-state index contributed by atoms with van der Waals surface area (Å²) in [7, 11) is 2.99. The Morgan fingerprint density at radius 3 is 2.71 bits per heavy atom. The molecule has 7 nitrogen and oxygen atoms in total. The molecule has 128 valence electrons. The van der Waals surface area contributed by atoms with E-state index in [2.05, 4.69) is 4.74 Å². The second kappa shape index (κ2) is 7.22. The summed E-state index contributed by atoms with van der Waals surface area (Å²) >= 11 is 0. The van der Waals surface area contributed by atoms with Crippen molar-refractivity contribution >= 4 is 11.7 Å². The van der Waals surface area contributed by atoms with Crippen LogP contribution in [0.1, 0.15) is 27.4 Å². The number of hydrogen-bond acceptors (Lipinski definition) is 6. The van der Waals surface area contributed by atoms with Crippen LogP contribution in [0.15, 0.2) is 28.7 Å². The van der Waals surface area contributed by atoms with Crippen molar-refractivity contribution in [1.82, 2.24) is 4.90 Å². The van der Waals surface area contributed by atoms with E-state index >= 15 is 0 Å². The van der Waals surface area contributed by atoms with Crippen LogP contribution in [0, 0.1) is 22.9 Å². The largest absolute Gasteiger partial charge is 0.465 e. The Kier molecular flexibility index (Phi) is 5.30. The number of esters is 1. The molecule has 2 aromatic rings. The fraction of sp³-hybridized carbons (Fsp3) is 0.312. The molecule has 0 fully saturated rings. The van der Waals surface area contributed by atoms with Crippen LogP contribution in [0.3, 0.4) is 0 Å². The molecular formula is C16H17FN2O5. The van der Waals surface area contributed by atoms with E-state index in [1.54, 1.807) is 24.9 Å². The van der Waals surface area contributed by atoms with Crippen LogP contribution in [-0.4, -0.2) is 29.9 Å². The zero-order valence-electron chi connectivity index (χ0n) is 13.5. The van der Waals surface area contributed by atoms with Crippen LogP contribution in [0.2, 0.25) is 0 Å². The third-order valence-electron chi connectivity index (χ3n) is 3.48. The van der Waals surface area contributed by atoms with Crippen LogP contribution in [-0.2, 0) is 17.8 Å². The van der Waals surface area contributed by atoms with Crippen molar-refractivity contribution < 1.29 is 23.3 Å². The second-order valence-electron chi connectivity index (χ2n) is 5.38. The number of nitro groups is 1. The Bertz CT molecular complexity index is 772. The van der Waals surface area contributed by atoms with E-state index in [-0.39, 0.29) is 17.8 Å². The maximum atomic E-state index is 13.4. The fourth-order valence-electron chi connectivity index (χ4n) is 2.41. The summed E-state index contributed by atoms with van der Waals surface area (Å²) in [5, 5.41) is 11.0. The molecule has 1 aromatic heterocycles. The minimum Gasteiger partial charge on any atom is -0.465 e. The zero-order valence-corrected chi connectivity index (χ0v) is 13.5. The lowest BCUT2D eigenvalue weighted by Crippen LogP contribution is -2.18. The molecule has 8 heteroatoms. The molecule has 0 aliphatic rings. The highest BCUT2D eigenvalue weighted by Crippen LogP contribution is 2.22. The Morgan fingerprint density at radius 1 is 1.38 bits per heavy atom. The number of hydrogen-bond donors (Lipinski definition) is 0. The van der Waals surface area contributed by atoms with Crippen molar-refractivity contribution in [3.63, 3.8) is 0 Å². The van der Waals surface area contributed by atoms with Gasteiger partial charge in [-0.3, -0.25) is 15.0 Å². The first-order chi connectivity index (χ1) is 11.3. The van der Waals surface area contributed by atoms with E-state index in [0.29, 0.717) is 23.6 Å². The highest BCUT2D eigenvalue weighted by atomic mass is 19.1. The number of aryl methyl sites for hydroxylation is 1. The summed E-state index contributed by atoms with van der Waals surface area (Å²) in [4.78, 5) is 23.8. The smallest absolute Gasteiger partial charge is 0.341 e. The first-order valence-corrected chi connectivity index (χ1v) is 7.10. The molecule has 0 radical (unpaired) electrons. The van der Waals surface area contributed by atoms with Gasteiger partial charge in [-0.25, -0.2) is 9.18 Å². The van der Waals surface area contributed by atoms with Crippen LogP contribution in [0.5, 0.6) is 0 Å². The van der Waals surface area contributed by atoms with E-state index in [1.165, 1.54) is 7.11 Å². The number of benzene rings is 1. The summed E-state index contributed by atoms with van der Waals surface area (Å²) in [5.74, 6) is -0.0896. The van der Waals surface area contributed by atoms with Crippen molar-refractivity contribution in [2.24, 2.45) is 0 Å². The number of halogens is 1. The topological polar surface area (TPSA) is 85.8 Å². The van der Waals surface area contributed by atoms with Gasteiger partial charge in [0.2, 0.25) is 0 Å². The number of carbonyl (C=O) groups is 1. The molecule has 0 aliphatic heterocycles. The fourth-order valence-corrected chi connectivity index (χ4v) is 2.41. The van der Waals surface area contributed by atoms with E-state index in [1.807, 2.05) is 0 Å². The Hall–Kier alpha value is -2.74. The summed E-state index contributed by atoms with van der Waals surface area (Å²) in [6.07, 6.45) is 0. The first kappa shape index (κ1) is 17.6. The molecule has 0 amide bonds. The number of methoxy groups -OCH3 is 1. The highest BCUT2D eigenvalue weighted by Gasteiger charge is 2.19. The van der Waals surface area contributed by atoms with Crippen molar-refractivity contribution in [3.05, 3.63) is 62.8 Å². The molecule has 0 atom stereocenters. The summed E-state index contributed by atoms with van der Waals surface area (Å²) in [5.41, 5.74) is 0.450. The molecule has 0 saturated heterocycles. The number of rotatable bonds is 6. The molecule has 0 aliphatic carbocycles. The van der Waals surface area contributed by atoms with Gasteiger partial charge in [0.15, 0.2) is 0 Å². The lowest BCUT2D eigenvalue weighted by molar-refractivity contribution is -0.385. The molecule has 0 bridgehead atoms. The number of ether oxygens (including phenoxy) is 1. The average Bonchev–Trinajstić information content (AvgIpc) is 2.86. The van der Waals surface area contributed by atoms with Crippen molar-refractivity contribution in [3.8, 4) is 0 Å². The van der Waals surface area contributed by atoms with Gasteiger partial charge in [-0.2, -0.15) is 0 Å². The first-order valence-electron chi connectivity index (χ1n) is 7.10. The molecular weight excluding hydrogens is 319 g/mol. The molecule has 1 aromatic carbocycles. The van der Waals surface area contributed by atoms with Gasteiger partial charge >= 0.3 is 5.97 Å². The molecule has 1 heterocycles. The van der Waals surface area contributed by atoms with Gasteiger partial charge in [-0.1, -0.05) is 0 Å². The lowest BCUT2D eigenvalue weighted by Gasteiger charge is -2.15. The minimum absolute atomic E-state index is 0.144. The molecule has 0 spiro atoms. The molecule has 0 unspecified atom stereocenters. The second-order valence-corrected chi connectivity index (χ2v) is 5.38. The van der Waals surface area contributed by atoms with Crippen molar-refractivity contribution in [2.75, 3.05) is 14.2 Å². The normalized spacial score (nSPS) is 10.9. The lowest BCUT2D eigenvalue weighted by atomic mass is 10.1. The van der Waals surface area contributed by atoms with E-state index in [4.69, 9.17) is 4.42 Å². The van der Waals surface area contributed by atoms with Gasteiger partial charge in [0, 0.05) is 18.2 Å². The quantitative estimate of drug-likeness (QED) is 0.458. The van der Waals surface area contributed by atoms with E-state index in [0.717, 1.165) is 18.2 Å². The highest BCUT2D eigenvalue weighted by molar-refractivity contribution is 5.90. The molecule has 0 saturated carbocycles. The van der Waals surface area contributed by atoms with Gasteiger partial charge in [0.25, 0.3) is 5.69 Å². The maximum Gasteiger partial charge on any atom is 0.341 e. The summed E-state index contributed by atoms with van der Waals surface area (Å²) in [6.45, 7) is 2.10. The van der Waals surface area contributed by atoms with Gasteiger partial charge < -0.3 is 9.15 Å². The predicted octanol–water partition coefficient (Wildman–Crippen LogP) is 3.05. The Morgan fingerprint density at radius 2 is 2.08 bits per heavy atom. The van der Waals surface area contributed by atoms with Crippen LogP contribution in [0.4, 0.5) is 10.1 Å². The predicted molar refractivity (Wildman–Crippen MR) is 83.0 cm³/mol. The maximum absolute atomic E-state index is 13.4. The molecule has 0 N–H and O–H groups in total. The molecule has 24 heavy (non-hydrogen) atoms. The Balaban J connectivity index is 2.14. The van der Waals surface area contributed by atoms with Gasteiger partial charge in [0.05, 0.1) is 18.6 Å². The minimum atomic E-state index is -0.547. The van der Waals surface area contributed by atoms with Crippen molar-refractivity contribution in [2.45, 2.75) is 20.0 Å². The molecule has 2 rings (SSSR count). The summed E-state index contributed by atoms with van der Waals surface area (Å²) in [6, 6.07) is 4.91. The van der Waals surface area contributed by atoms with Gasteiger partial charge in [-0.05, 0) is 32.2 Å². The van der Waals surface area contributed by atoms with Crippen LogP contribution in [0.25, 0.3) is 0 Å². The standard InChI is InChI=1S/C16H17FN2O5/c1-10-14(16(20)23-3)7-13(24-10)9-18(2)8-11-6-12(17)4-5-15(11)19(21)22/h4-7H,8-9H2,1-3H3. The van der Waals surface area contributed by atoms with E-state index in [9.17, 15) is 19.3 Å². The number of nitrogens with zero attached hydrogens (tertiary/aromatic N) is 2. The summed E-state index contributed by atoms with van der Waals surface area (Å²) < 4.78 is 23.5. The zero-order chi connectivity index (χ0) is 17.9. The van der Waals surface area contributed by atoms with Gasteiger partial charge in [-0.15, -0.1) is 0 Å². The number of furan rings is 1. The number of carbonyl (C=O) groups excluding carboxylic acids is 1. The average molecular weight is 336 g/mol. The third kappa shape index (κ3) is 3.96. The Labute approximate surface area is 137 Å². The van der Waals surface area contributed by atoms with Crippen molar-refractivity contribution in [1.29, 1.82) is 0 Å². The third-order valence-corrected chi connectivity index (χ3v) is 3.48. The van der Waals surface area contributed by atoms with E-state index < -0.39 is 16.7 Å². The van der Waals surface area contributed by atoms with Crippen LogP contribution >= 0.6 is 0 Å². The monoisotopic (exact) mass is 336 g/mol. The SMILES string of the molecule is COC(=O)c1cc(CN(C)Cc2cc(F)ccc2[N+](=O)[O-])oc1C. The number of nitro benzene ring substituents is 1.